The van der Waals surface area contributed by atoms with Crippen LogP contribution in [0, 0.1) is 0 Å². The monoisotopic (exact) mass is 415 g/mol. The lowest BCUT2D eigenvalue weighted by molar-refractivity contribution is -0.115. The van der Waals surface area contributed by atoms with Gasteiger partial charge < -0.3 is 14.8 Å². The van der Waals surface area contributed by atoms with Crippen molar-refractivity contribution in [2.45, 2.75) is 6.42 Å². The number of fused-ring (bicyclic) bond motifs is 1. The van der Waals surface area contributed by atoms with Crippen molar-refractivity contribution in [3.8, 4) is 11.5 Å². The van der Waals surface area contributed by atoms with E-state index in [0.29, 0.717) is 38.6 Å². The molecule has 9 heteroatoms. The number of carbonyl (C=O) groups excluding carboxylic acids is 2. The SMILES string of the molecule is O=C(Cc1csc(NC(=O)c2ccc3c(c2)OCO3)n1)Nc1ccc(Cl)cc1. The van der Waals surface area contributed by atoms with E-state index < -0.39 is 0 Å². The van der Waals surface area contributed by atoms with E-state index in [0.717, 1.165) is 0 Å². The normalized spacial score (nSPS) is 11.9. The number of ether oxygens (including phenoxy) is 2. The van der Waals surface area contributed by atoms with Crippen LogP contribution in [0.4, 0.5) is 10.8 Å². The molecule has 0 unspecified atom stereocenters. The highest BCUT2D eigenvalue weighted by atomic mass is 35.5. The molecule has 142 valence electrons. The summed E-state index contributed by atoms with van der Waals surface area (Å²) in [5, 5.41) is 8.24. The molecule has 0 bridgehead atoms. The summed E-state index contributed by atoms with van der Waals surface area (Å²) in [5.41, 5.74) is 1.65. The van der Waals surface area contributed by atoms with Gasteiger partial charge in [-0.05, 0) is 42.5 Å². The lowest BCUT2D eigenvalue weighted by Gasteiger charge is -2.04. The Labute approximate surface area is 169 Å². The average molecular weight is 416 g/mol. The van der Waals surface area contributed by atoms with E-state index in [9.17, 15) is 9.59 Å². The zero-order valence-electron chi connectivity index (χ0n) is 14.4. The van der Waals surface area contributed by atoms with Crippen LogP contribution in [0.1, 0.15) is 16.1 Å². The van der Waals surface area contributed by atoms with Crippen LogP contribution in [0.2, 0.25) is 5.02 Å². The van der Waals surface area contributed by atoms with Gasteiger partial charge in [0, 0.05) is 21.7 Å². The highest BCUT2D eigenvalue weighted by Crippen LogP contribution is 2.32. The molecule has 0 radical (unpaired) electrons. The topological polar surface area (TPSA) is 89.6 Å². The predicted octanol–water partition coefficient (Wildman–Crippen LogP) is 3.96. The Morgan fingerprint density at radius 1 is 1.07 bits per heavy atom. The molecule has 2 aromatic carbocycles. The second-order valence-electron chi connectivity index (χ2n) is 5.90. The van der Waals surface area contributed by atoms with E-state index in [1.54, 1.807) is 47.8 Å². The molecular weight excluding hydrogens is 402 g/mol. The van der Waals surface area contributed by atoms with Gasteiger partial charge in [0.1, 0.15) is 0 Å². The number of carbonyl (C=O) groups is 2. The Morgan fingerprint density at radius 2 is 1.86 bits per heavy atom. The lowest BCUT2D eigenvalue weighted by atomic mass is 10.2. The summed E-state index contributed by atoms with van der Waals surface area (Å²) >= 11 is 7.08. The van der Waals surface area contributed by atoms with Gasteiger partial charge in [0.2, 0.25) is 12.7 Å². The summed E-state index contributed by atoms with van der Waals surface area (Å²) < 4.78 is 10.5. The number of thiazole rings is 1. The molecule has 28 heavy (non-hydrogen) atoms. The number of amides is 2. The number of anilines is 2. The largest absolute Gasteiger partial charge is 0.454 e. The second kappa shape index (κ2) is 7.87. The fraction of sp³-hybridized carbons (Fsp3) is 0.105. The fourth-order valence-electron chi connectivity index (χ4n) is 2.56. The van der Waals surface area contributed by atoms with Gasteiger partial charge in [-0.2, -0.15) is 0 Å². The maximum Gasteiger partial charge on any atom is 0.257 e. The van der Waals surface area contributed by atoms with E-state index in [2.05, 4.69) is 15.6 Å². The van der Waals surface area contributed by atoms with E-state index in [-0.39, 0.29) is 25.0 Å². The highest BCUT2D eigenvalue weighted by molar-refractivity contribution is 7.14. The Kier molecular flexibility index (Phi) is 5.14. The number of hydrogen-bond acceptors (Lipinski definition) is 6. The molecule has 1 aliphatic rings. The van der Waals surface area contributed by atoms with E-state index in [4.69, 9.17) is 21.1 Å². The fourth-order valence-corrected chi connectivity index (χ4v) is 3.39. The van der Waals surface area contributed by atoms with Crippen LogP contribution in [0.15, 0.2) is 47.8 Å². The van der Waals surface area contributed by atoms with E-state index in [1.165, 1.54) is 11.3 Å². The van der Waals surface area contributed by atoms with Crippen molar-refractivity contribution in [3.63, 3.8) is 0 Å². The number of benzene rings is 2. The number of halogens is 1. The molecule has 0 aliphatic carbocycles. The number of aromatic nitrogens is 1. The Hall–Kier alpha value is -3.10. The van der Waals surface area contributed by atoms with Gasteiger partial charge in [0.25, 0.3) is 5.91 Å². The standard InChI is InChI=1S/C19H14ClN3O4S/c20-12-2-4-13(5-3-12)21-17(24)8-14-9-28-19(22-14)23-18(25)11-1-6-15-16(7-11)27-10-26-15/h1-7,9H,8,10H2,(H,21,24)(H,22,23,25). The van der Waals surface area contributed by atoms with Gasteiger partial charge in [-0.1, -0.05) is 11.6 Å². The minimum Gasteiger partial charge on any atom is -0.454 e. The quantitative estimate of drug-likeness (QED) is 0.658. The molecule has 4 rings (SSSR count). The molecule has 2 heterocycles. The van der Waals surface area contributed by atoms with Gasteiger partial charge in [0.15, 0.2) is 16.6 Å². The minimum absolute atomic E-state index is 0.0963. The maximum atomic E-state index is 12.4. The van der Waals surface area contributed by atoms with Crippen molar-refractivity contribution in [1.82, 2.24) is 4.98 Å². The van der Waals surface area contributed by atoms with Gasteiger partial charge in [-0.25, -0.2) is 4.98 Å². The second-order valence-corrected chi connectivity index (χ2v) is 7.19. The molecule has 1 aromatic heterocycles. The first-order chi connectivity index (χ1) is 13.6. The molecule has 0 atom stereocenters. The first-order valence-corrected chi connectivity index (χ1v) is 9.53. The highest BCUT2D eigenvalue weighted by Gasteiger charge is 2.17. The van der Waals surface area contributed by atoms with Crippen molar-refractivity contribution in [3.05, 3.63) is 64.1 Å². The molecule has 2 amide bonds. The molecule has 1 aliphatic heterocycles. The third kappa shape index (κ3) is 4.24. The molecule has 0 spiro atoms. The number of nitrogens with one attached hydrogen (secondary N) is 2. The summed E-state index contributed by atoms with van der Waals surface area (Å²) in [4.78, 5) is 28.8. The predicted molar refractivity (Wildman–Crippen MR) is 106 cm³/mol. The molecular formula is C19H14ClN3O4S. The van der Waals surface area contributed by atoms with Gasteiger partial charge in [-0.3, -0.25) is 14.9 Å². The number of nitrogens with zero attached hydrogens (tertiary/aromatic N) is 1. The van der Waals surface area contributed by atoms with E-state index >= 15 is 0 Å². The van der Waals surface area contributed by atoms with Crippen LogP contribution in [-0.4, -0.2) is 23.6 Å². The number of rotatable bonds is 5. The molecule has 3 aromatic rings. The summed E-state index contributed by atoms with van der Waals surface area (Å²) in [7, 11) is 0. The summed E-state index contributed by atoms with van der Waals surface area (Å²) in [6.45, 7) is 0.147. The molecule has 7 nitrogen and oxygen atoms in total. The molecule has 0 fully saturated rings. The summed E-state index contributed by atoms with van der Waals surface area (Å²) in [6.07, 6.45) is 0.0963. The van der Waals surface area contributed by atoms with Crippen molar-refractivity contribution in [2.75, 3.05) is 17.4 Å². The van der Waals surface area contributed by atoms with Crippen molar-refractivity contribution < 1.29 is 19.1 Å². The Bertz CT molecular complexity index is 1040. The minimum atomic E-state index is -0.315. The van der Waals surface area contributed by atoms with Crippen LogP contribution < -0.4 is 20.1 Å². The van der Waals surface area contributed by atoms with Crippen LogP contribution in [0.25, 0.3) is 0 Å². The maximum absolute atomic E-state index is 12.4. The Balaban J connectivity index is 1.35. The van der Waals surface area contributed by atoms with Crippen molar-refractivity contribution in [1.29, 1.82) is 0 Å². The zero-order valence-corrected chi connectivity index (χ0v) is 16.0. The molecule has 0 saturated carbocycles. The third-order valence-electron chi connectivity index (χ3n) is 3.88. The Morgan fingerprint density at radius 3 is 2.68 bits per heavy atom. The van der Waals surface area contributed by atoms with Crippen LogP contribution in [0.3, 0.4) is 0 Å². The van der Waals surface area contributed by atoms with Crippen LogP contribution in [-0.2, 0) is 11.2 Å². The summed E-state index contributed by atoms with van der Waals surface area (Å²) in [5.74, 6) is 0.622. The van der Waals surface area contributed by atoms with Gasteiger partial charge in [-0.15, -0.1) is 11.3 Å². The smallest absolute Gasteiger partial charge is 0.257 e. The number of hydrogen-bond donors (Lipinski definition) is 2. The molecule has 2 N–H and O–H groups in total. The van der Waals surface area contributed by atoms with Crippen molar-refractivity contribution in [2.24, 2.45) is 0 Å². The van der Waals surface area contributed by atoms with Crippen LogP contribution in [0.5, 0.6) is 11.5 Å². The molecule has 0 saturated heterocycles. The zero-order chi connectivity index (χ0) is 19.5. The van der Waals surface area contributed by atoms with Crippen LogP contribution >= 0.6 is 22.9 Å². The first-order valence-electron chi connectivity index (χ1n) is 8.28. The van der Waals surface area contributed by atoms with Gasteiger partial charge in [0.05, 0.1) is 12.1 Å². The average Bonchev–Trinajstić information content (AvgIpc) is 3.32. The third-order valence-corrected chi connectivity index (χ3v) is 4.94. The van der Waals surface area contributed by atoms with E-state index in [1.807, 2.05) is 0 Å². The first kappa shape index (κ1) is 18.3. The van der Waals surface area contributed by atoms with Gasteiger partial charge >= 0.3 is 0 Å². The van der Waals surface area contributed by atoms with Crippen molar-refractivity contribution >= 4 is 45.6 Å². The lowest BCUT2D eigenvalue weighted by Crippen LogP contribution is -2.15. The summed E-state index contributed by atoms with van der Waals surface area (Å²) in [6, 6.07) is 11.8.